The SMILES string of the molecule is c1ccc(-c2cccnc2SC(c2ccccc2)[C@@H]2CNCCO2)cc1. The van der Waals surface area contributed by atoms with Gasteiger partial charge in [0.2, 0.25) is 0 Å². The molecule has 3 aromatic rings. The molecule has 132 valence electrons. The number of nitrogens with one attached hydrogen (secondary N) is 1. The van der Waals surface area contributed by atoms with E-state index in [4.69, 9.17) is 9.72 Å². The molecule has 0 amide bonds. The number of thioether (sulfide) groups is 1. The first kappa shape index (κ1) is 17.3. The number of pyridine rings is 1. The number of rotatable bonds is 5. The van der Waals surface area contributed by atoms with Crippen molar-refractivity contribution in [3.05, 3.63) is 84.6 Å². The number of benzene rings is 2. The van der Waals surface area contributed by atoms with E-state index in [9.17, 15) is 0 Å². The third-order valence-corrected chi connectivity index (χ3v) is 5.89. The van der Waals surface area contributed by atoms with Crippen LogP contribution in [0.2, 0.25) is 0 Å². The minimum Gasteiger partial charge on any atom is -0.374 e. The van der Waals surface area contributed by atoms with Crippen molar-refractivity contribution in [2.24, 2.45) is 0 Å². The van der Waals surface area contributed by atoms with Crippen LogP contribution in [0.3, 0.4) is 0 Å². The van der Waals surface area contributed by atoms with Crippen molar-refractivity contribution in [3.8, 4) is 11.1 Å². The van der Waals surface area contributed by atoms with Gasteiger partial charge in [0.05, 0.1) is 18.0 Å². The summed E-state index contributed by atoms with van der Waals surface area (Å²) < 4.78 is 6.10. The van der Waals surface area contributed by atoms with E-state index in [0.717, 1.165) is 24.7 Å². The molecule has 2 heterocycles. The lowest BCUT2D eigenvalue weighted by atomic mass is 10.1. The highest BCUT2D eigenvalue weighted by atomic mass is 32.2. The van der Waals surface area contributed by atoms with Crippen molar-refractivity contribution in [1.29, 1.82) is 0 Å². The first-order valence-corrected chi connectivity index (χ1v) is 9.84. The van der Waals surface area contributed by atoms with E-state index in [1.54, 1.807) is 11.8 Å². The van der Waals surface area contributed by atoms with Crippen LogP contribution in [0.15, 0.2) is 84.0 Å². The highest BCUT2D eigenvalue weighted by Gasteiger charge is 2.28. The van der Waals surface area contributed by atoms with Crippen LogP contribution in [0.5, 0.6) is 0 Å². The summed E-state index contributed by atoms with van der Waals surface area (Å²) in [6, 6.07) is 25.2. The summed E-state index contributed by atoms with van der Waals surface area (Å²) in [4.78, 5) is 4.70. The molecule has 0 aliphatic carbocycles. The predicted molar refractivity (Wildman–Crippen MR) is 107 cm³/mol. The van der Waals surface area contributed by atoms with Gasteiger partial charge in [-0.25, -0.2) is 4.98 Å². The molecule has 0 spiro atoms. The van der Waals surface area contributed by atoms with Crippen LogP contribution in [0.4, 0.5) is 0 Å². The minimum atomic E-state index is 0.127. The third kappa shape index (κ3) is 3.98. The lowest BCUT2D eigenvalue weighted by Crippen LogP contribution is -2.41. The Morgan fingerprint density at radius 2 is 1.73 bits per heavy atom. The van der Waals surface area contributed by atoms with E-state index < -0.39 is 0 Å². The van der Waals surface area contributed by atoms with Crippen LogP contribution in [-0.4, -0.2) is 30.8 Å². The van der Waals surface area contributed by atoms with Crippen molar-refractivity contribution < 1.29 is 4.74 Å². The molecule has 1 N–H and O–H groups in total. The maximum absolute atomic E-state index is 6.10. The Balaban J connectivity index is 1.68. The van der Waals surface area contributed by atoms with E-state index in [0.29, 0.717) is 0 Å². The van der Waals surface area contributed by atoms with Crippen LogP contribution in [0.25, 0.3) is 11.1 Å². The van der Waals surface area contributed by atoms with Crippen LogP contribution < -0.4 is 5.32 Å². The molecule has 1 aliphatic rings. The molecule has 0 radical (unpaired) electrons. The second-order valence-electron chi connectivity index (χ2n) is 6.28. The number of hydrogen-bond acceptors (Lipinski definition) is 4. The van der Waals surface area contributed by atoms with Crippen molar-refractivity contribution in [3.63, 3.8) is 0 Å². The molecule has 4 rings (SSSR count). The maximum Gasteiger partial charge on any atom is 0.104 e. The van der Waals surface area contributed by atoms with E-state index in [1.807, 2.05) is 18.3 Å². The van der Waals surface area contributed by atoms with Crippen LogP contribution in [0.1, 0.15) is 10.8 Å². The Labute approximate surface area is 158 Å². The molecule has 1 unspecified atom stereocenters. The van der Waals surface area contributed by atoms with Gasteiger partial charge in [-0.15, -0.1) is 0 Å². The first-order valence-electron chi connectivity index (χ1n) is 8.96. The predicted octanol–water partition coefficient (Wildman–Crippen LogP) is 4.57. The van der Waals surface area contributed by atoms with Crippen molar-refractivity contribution in [2.75, 3.05) is 19.7 Å². The fraction of sp³-hybridized carbons (Fsp3) is 0.227. The molecule has 26 heavy (non-hydrogen) atoms. The molecule has 3 nitrogen and oxygen atoms in total. The van der Waals surface area contributed by atoms with Gasteiger partial charge in [0.15, 0.2) is 0 Å². The number of nitrogens with zero attached hydrogens (tertiary/aromatic N) is 1. The fourth-order valence-corrected chi connectivity index (χ4v) is 4.52. The highest BCUT2D eigenvalue weighted by Crippen LogP contribution is 2.42. The summed E-state index contributed by atoms with van der Waals surface area (Å²) in [7, 11) is 0. The van der Waals surface area contributed by atoms with Gasteiger partial charge in [0.25, 0.3) is 0 Å². The average molecular weight is 362 g/mol. The van der Waals surface area contributed by atoms with Crippen molar-refractivity contribution in [1.82, 2.24) is 10.3 Å². The van der Waals surface area contributed by atoms with Crippen LogP contribution in [0, 0.1) is 0 Å². The number of ether oxygens (including phenoxy) is 1. The lowest BCUT2D eigenvalue weighted by Gasteiger charge is -2.31. The van der Waals surface area contributed by atoms with Gasteiger partial charge >= 0.3 is 0 Å². The summed E-state index contributed by atoms with van der Waals surface area (Å²) in [5, 5.41) is 4.70. The van der Waals surface area contributed by atoms with E-state index in [2.05, 4.69) is 66.0 Å². The Hall–Kier alpha value is -2.14. The van der Waals surface area contributed by atoms with Gasteiger partial charge in [-0.2, -0.15) is 0 Å². The monoisotopic (exact) mass is 362 g/mol. The van der Waals surface area contributed by atoms with Gasteiger partial charge in [-0.3, -0.25) is 0 Å². The molecule has 1 aliphatic heterocycles. The van der Waals surface area contributed by atoms with Gasteiger partial charge in [0, 0.05) is 24.8 Å². The maximum atomic E-state index is 6.10. The van der Waals surface area contributed by atoms with E-state index >= 15 is 0 Å². The molecule has 4 heteroatoms. The summed E-state index contributed by atoms with van der Waals surface area (Å²) >= 11 is 1.79. The van der Waals surface area contributed by atoms with Crippen LogP contribution in [-0.2, 0) is 4.74 Å². The number of hydrogen-bond donors (Lipinski definition) is 1. The summed E-state index contributed by atoms with van der Waals surface area (Å²) in [5.74, 6) is 0. The zero-order valence-corrected chi connectivity index (χ0v) is 15.4. The van der Waals surface area contributed by atoms with E-state index in [-0.39, 0.29) is 11.4 Å². The molecule has 2 aromatic carbocycles. The zero-order chi connectivity index (χ0) is 17.6. The Morgan fingerprint density at radius 1 is 0.962 bits per heavy atom. The van der Waals surface area contributed by atoms with Gasteiger partial charge in [-0.1, -0.05) is 78.5 Å². The Bertz CT molecular complexity index is 820. The summed E-state index contributed by atoms with van der Waals surface area (Å²) in [6.07, 6.45) is 2.00. The van der Waals surface area contributed by atoms with Crippen molar-refractivity contribution in [2.45, 2.75) is 16.4 Å². The first-order chi connectivity index (χ1) is 12.9. The summed E-state index contributed by atoms with van der Waals surface area (Å²) in [6.45, 7) is 2.53. The topological polar surface area (TPSA) is 34.2 Å². The molecule has 1 fully saturated rings. The molecule has 0 saturated carbocycles. The molecule has 1 aromatic heterocycles. The van der Waals surface area contributed by atoms with Crippen molar-refractivity contribution >= 4 is 11.8 Å². The Kier molecular flexibility index (Phi) is 5.65. The van der Waals surface area contributed by atoms with Gasteiger partial charge in [0.1, 0.15) is 5.03 Å². The lowest BCUT2D eigenvalue weighted by molar-refractivity contribution is 0.0273. The molecule has 1 saturated heterocycles. The van der Waals surface area contributed by atoms with E-state index in [1.165, 1.54) is 16.7 Å². The normalized spacial score (nSPS) is 18.4. The van der Waals surface area contributed by atoms with Gasteiger partial charge in [-0.05, 0) is 17.2 Å². The third-order valence-electron chi connectivity index (χ3n) is 4.52. The summed E-state index contributed by atoms with van der Waals surface area (Å²) in [5.41, 5.74) is 3.64. The smallest absolute Gasteiger partial charge is 0.104 e. The standard InChI is InChI=1S/C22H22N2OS/c1-3-8-17(9-4-1)19-12-7-13-24-22(19)26-21(18-10-5-2-6-11-18)20-16-23-14-15-25-20/h1-13,20-21,23H,14-16H2/t20-,21?/m0/s1. The quantitative estimate of drug-likeness (QED) is 0.674. The van der Waals surface area contributed by atoms with Crippen LogP contribution >= 0.6 is 11.8 Å². The average Bonchev–Trinajstić information content (AvgIpc) is 2.74. The minimum absolute atomic E-state index is 0.127. The largest absolute Gasteiger partial charge is 0.374 e. The second kappa shape index (κ2) is 8.49. The molecule has 2 atom stereocenters. The molecular weight excluding hydrogens is 340 g/mol. The Morgan fingerprint density at radius 3 is 2.46 bits per heavy atom. The second-order valence-corrected chi connectivity index (χ2v) is 7.41. The van der Waals surface area contributed by atoms with Gasteiger partial charge < -0.3 is 10.1 Å². The number of aromatic nitrogens is 1. The zero-order valence-electron chi connectivity index (χ0n) is 14.5. The molecule has 0 bridgehead atoms. The molecular formula is C22H22N2OS. The number of morpholine rings is 1. The fourth-order valence-electron chi connectivity index (χ4n) is 3.22. The highest BCUT2D eigenvalue weighted by molar-refractivity contribution is 7.99.